The summed E-state index contributed by atoms with van der Waals surface area (Å²) in [5.74, 6) is 0.745. The van der Waals surface area contributed by atoms with Gasteiger partial charge in [-0.15, -0.1) is 5.10 Å². The number of tetrazole rings is 1. The second-order valence-electron chi connectivity index (χ2n) is 6.35. The fraction of sp³-hybridized carbons (Fsp3) is 0.412. The number of H-pyrrole nitrogens is 1. The average molecular weight is 340 g/mol. The fourth-order valence-electron chi connectivity index (χ4n) is 3.47. The fourth-order valence-corrected chi connectivity index (χ4v) is 3.47. The smallest absolute Gasteiger partial charge is 0.245 e. The minimum absolute atomic E-state index is 0.0337. The number of aromatic amines is 1. The molecule has 2 aromatic heterocycles. The van der Waals surface area contributed by atoms with Gasteiger partial charge < -0.3 is 15.0 Å². The van der Waals surface area contributed by atoms with E-state index in [1.807, 2.05) is 12.1 Å². The summed E-state index contributed by atoms with van der Waals surface area (Å²) in [6, 6.07) is 5.53. The molecule has 0 radical (unpaired) electrons. The van der Waals surface area contributed by atoms with E-state index in [1.165, 1.54) is 22.0 Å². The predicted molar refractivity (Wildman–Crippen MR) is 91.2 cm³/mol. The summed E-state index contributed by atoms with van der Waals surface area (Å²) in [7, 11) is 1.67. The van der Waals surface area contributed by atoms with Crippen LogP contribution in [-0.4, -0.2) is 38.2 Å². The minimum atomic E-state index is -0.454. The van der Waals surface area contributed by atoms with Crippen LogP contribution in [0.1, 0.15) is 43.1 Å². The van der Waals surface area contributed by atoms with Crippen LogP contribution in [0.4, 0.5) is 0 Å². The van der Waals surface area contributed by atoms with E-state index in [1.54, 1.807) is 14.0 Å². The Morgan fingerprint density at radius 2 is 2.36 bits per heavy atom. The molecule has 1 aromatic carbocycles. The van der Waals surface area contributed by atoms with Crippen molar-refractivity contribution in [2.75, 3.05) is 7.11 Å². The number of rotatable bonds is 4. The summed E-state index contributed by atoms with van der Waals surface area (Å²) in [6.45, 7) is 1.78. The van der Waals surface area contributed by atoms with Crippen molar-refractivity contribution in [2.24, 2.45) is 0 Å². The molecule has 0 saturated heterocycles. The van der Waals surface area contributed by atoms with Crippen molar-refractivity contribution in [1.29, 1.82) is 0 Å². The standard InChI is InChI=1S/C17H20N6O2/c1-10(23-9-18-21-22-23)17(24)20-15-5-3-4-12-13-8-11(25-2)6-7-14(13)19-16(12)15/h6-10,15,19H,3-5H2,1-2H3,(H,20,24)/t10-,15+/m0/s1. The molecule has 0 spiro atoms. The molecule has 1 aliphatic rings. The molecular weight excluding hydrogens is 320 g/mol. The number of nitrogens with one attached hydrogen (secondary N) is 2. The molecule has 0 saturated carbocycles. The first kappa shape index (κ1) is 15.6. The average Bonchev–Trinajstić information content (AvgIpc) is 3.29. The number of amides is 1. The van der Waals surface area contributed by atoms with Gasteiger partial charge in [-0.3, -0.25) is 4.79 Å². The van der Waals surface area contributed by atoms with E-state index in [4.69, 9.17) is 4.74 Å². The summed E-state index contributed by atoms with van der Waals surface area (Å²) >= 11 is 0. The molecule has 1 amide bonds. The Kier molecular flexibility index (Phi) is 3.87. The molecule has 2 heterocycles. The van der Waals surface area contributed by atoms with Crippen LogP contribution in [0.25, 0.3) is 10.9 Å². The van der Waals surface area contributed by atoms with Gasteiger partial charge in [-0.1, -0.05) is 0 Å². The number of aromatic nitrogens is 5. The van der Waals surface area contributed by atoms with Crippen LogP contribution < -0.4 is 10.1 Å². The molecule has 8 heteroatoms. The quantitative estimate of drug-likeness (QED) is 0.756. The maximum atomic E-state index is 12.6. The number of benzene rings is 1. The predicted octanol–water partition coefficient (Wildman–Crippen LogP) is 1.92. The Hall–Kier alpha value is -2.90. The van der Waals surface area contributed by atoms with Gasteiger partial charge in [0.2, 0.25) is 5.91 Å². The Morgan fingerprint density at radius 1 is 1.48 bits per heavy atom. The van der Waals surface area contributed by atoms with E-state index in [2.05, 4.69) is 31.9 Å². The monoisotopic (exact) mass is 340 g/mol. The number of nitrogens with zero attached hydrogens (tertiary/aromatic N) is 4. The molecule has 25 heavy (non-hydrogen) atoms. The lowest BCUT2D eigenvalue weighted by Gasteiger charge is -2.25. The Morgan fingerprint density at radius 3 is 3.12 bits per heavy atom. The van der Waals surface area contributed by atoms with Crippen LogP contribution >= 0.6 is 0 Å². The van der Waals surface area contributed by atoms with Crippen LogP contribution in [0.3, 0.4) is 0 Å². The Labute approximate surface area is 144 Å². The van der Waals surface area contributed by atoms with Crippen LogP contribution in [-0.2, 0) is 11.2 Å². The first-order valence-corrected chi connectivity index (χ1v) is 8.38. The molecule has 0 bridgehead atoms. The molecule has 2 N–H and O–H groups in total. The lowest BCUT2D eigenvalue weighted by Crippen LogP contribution is -2.36. The van der Waals surface area contributed by atoms with Gasteiger partial charge in [0.15, 0.2) is 0 Å². The van der Waals surface area contributed by atoms with Gasteiger partial charge in [0.05, 0.1) is 13.2 Å². The van der Waals surface area contributed by atoms with Crippen molar-refractivity contribution in [1.82, 2.24) is 30.5 Å². The summed E-state index contributed by atoms with van der Waals surface area (Å²) in [5, 5.41) is 15.3. The van der Waals surface area contributed by atoms with E-state index < -0.39 is 6.04 Å². The van der Waals surface area contributed by atoms with Crippen molar-refractivity contribution < 1.29 is 9.53 Å². The van der Waals surface area contributed by atoms with E-state index in [0.29, 0.717) is 0 Å². The van der Waals surface area contributed by atoms with Crippen LogP contribution in [0.5, 0.6) is 5.75 Å². The molecule has 0 aliphatic heterocycles. The highest BCUT2D eigenvalue weighted by Gasteiger charge is 2.27. The number of methoxy groups -OCH3 is 1. The molecule has 0 fully saturated rings. The molecule has 2 atom stereocenters. The second kappa shape index (κ2) is 6.19. The summed E-state index contributed by atoms with van der Waals surface area (Å²) < 4.78 is 6.80. The highest BCUT2D eigenvalue weighted by atomic mass is 16.5. The van der Waals surface area contributed by atoms with Crippen molar-refractivity contribution in [3.63, 3.8) is 0 Å². The first-order chi connectivity index (χ1) is 12.2. The molecule has 4 rings (SSSR count). The number of carbonyl (C=O) groups is 1. The third-order valence-corrected chi connectivity index (χ3v) is 4.87. The lowest BCUT2D eigenvalue weighted by molar-refractivity contribution is -0.125. The van der Waals surface area contributed by atoms with Gasteiger partial charge in [-0.25, -0.2) is 4.68 Å². The topological polar surface area (TPSA) is 97.7 Å². The maximum Gasteiger partial charge on any atom is 0.245 e. The summed E-state index contributed by atoms with van der Waals surface area (Å²) in [5.41, 5.74) is 3.42. The summed E-state index contributed by atoms with van der Waals surface area (Å²) in [6.07, 6.45) is 4.38. The molecule has 1 aliphatic carbocycles. The van der Waals surface area contributed by atoms with E-state index >= 15 is 0 Å². The minimum Gasteiger partial charge on any atom is -0.497 e. The van der Waals surface area contributed by atoms with Crippen molar-refractivity contribution in [2.45, 2.75) is 38.3 Å². The third kappa shape index (κ3) is 2.73. The normalized spacial score (nSPS) is 17.9. The number of carbonyl (C=O) groups excluding carboxylic acids is 1. The van der Waals surface area contributed by atoms with Crippen molar-refractivity contribution in [3.05, 3.63) is 35.8 Å². The number of hydrogen-bond acceptors (Lipinski definition) is 5. The molecule has 130 valence electrons. The van der Waals surface area contributed by atoms with E-state index in [0.717, 1.165) is 36.2 Å². The van der Waals surface area contributed by atoms with Gasteiger partial charge in [-0.2, -0.15) is 0 Å². The molecule has 8 nitrogen and oxygen atoms in total. The van der Waals surface area contributed by atoms with E-state index in [-0.39, 0.29) is 11.9 Å². The molecular formula is C17H20N6O2. The zero-order chi connectivity index (χ0) is 17.4. The van der Waals surface area contributed by atoms with Gasteiger partial charge in [0.1, 0.15) is 18.1 Å². The zero-order valence-corrected chi connectivity index (χ0v) is 14.2. The van der Waals surface area contributed by atoms with Crippen LogP contribution in [0.15, 0.2) is 24.5 Å². The Balaban J connectivity index is 1.62. The largest absolute Gasteiger partial charge is 0.497 e. The second-order valence-corrected chi connectivity index (χ2v) is 6.35. The molecule has 0 unspecified atom stereocenters. The Bertz CT molecular complexity index is 901. The highest BCUT2D eigenvalue weighted by Crippen LogP contribution is 2.36. The molecule has 3 aromatic rings. The third-order valence-electron chi connectivity index (χ3n) is 4.87. The van der Waals surface area contributed by atoms with Gasteiger partial charge in [0.25, 0.3) is 0 Å². The maximum absolute atomic E-state index is 12.6. The summed E-state index contributed by atoms with van der Waals surface area (Å²) in [4.78, 5) is 16.1. The zero-order valence-electron chi connectivity index (χ0n) is 14.2. The number of fused-ring (bicyclic) bond motifs is 3. The number of aryl methyl sites for hydroxylation is 1. The van der Waals surface area contributed by atoms with Gasteiger partial charge in [-0.05, 0) is 60.4 Å². The SMILES string of the molecule is COc1ccc2[nH]c3c(c2c1)CCC[C@H]3NC(=O)[C@H](C)n1cnnn1. The van der Waals surface area contributed by atoms with Crippen molar-refractivity contribution in [3.8, 4) is 5.75 Å². The first-order valence-electron chi connectivity index (χ1n) is 8.38. The van der Waals surface area contributed by atoms with Gasteiger partial charge >= 0.3 is 0 Å². The van der Waals surface area contributed by atoms with E-state index in [9.17, 15) is 4.79 Å². The van der Waals surface area contributed by atoms with Crippen LogP contribution in [0, 0.1) is 0 Å². The lowest BCUT2D eigenvalue weighted by atomic mass is 9.91. The highest BCUT2D eigenvalue weighted by molar-refractivity contribution is 5.87. The van der Waals surface area contributed by atoms with Crippen molar-refractivity contribution >= 4 is 16.8 Å². The van der Waals surface area contributed by atoms with Gasteiger partial charge in [0, 0.05) is 16.6 Å². The number of hydrogen-bond donors (Lipinski definition) is 2. The van der Waals surface area contributed by atoms with Crippen LogP contribution in [0.2, 0.25) is 0 Å². The number of ether oxygens (including phenoxy) is 1.